The predicted octanol–water partition coefficient (Wildman–Crippen LogP) is 3.37. The van der Waals surface area contributed by atoms with Crippen molar-refractivity contribution in [2.24, 2.45) is 5.73 Å². The van der Waals surface area contributed by atoms with Crippen molar-refractivity contribution in [3.05, 3.63) is 29.6 Å². The number of hydrogen-bond donors (Lipinski definition) is 1. The highest BCUT2D eigenvalue weighted by molar-refractivity contribution is 7.99. The fourth-order valence-corrected chi connectivity index (χ4v) is 2.07. The lowest BCUT2D eigenvalue weighted by Crippen LogP contribution is -2.07. The molecule has 0 bridgehead atoms. The molecule has 0 aliphatic carbocycles. The van der Waals surface area contributed by atoms with E-state index in [1.165, 1.54) is 6.07 Å². The smallest absolute Gasteiger partial charge is 0.131 e. The third kappa shape index (κ3) is 4.96. The quantitative estimate of drug-likeness (QED) is 0.761. The number of benzene rings is 1. The Bertz CT molecular complexity index is 344. The van der Waals surface area contributed by atoms with Crippen LogP contribution in [0.3, 0.4) is 0 Å². The summed E-state index contributed by atoms with van der Waals surface area (Å²) in [7, 11) is 0. The van der Waals surface area contributed by atoms with E-state index < -0.39 is 0 Å². The van der Waals surface area contributed by atoms with E-state index in [1.54, 1.807) is 19.1 Å². The first-order chi connectivity index (χ1) is 8.15. The Balaban J connectivity index is 2.42. The van der Waals surface area contributed by atoms with Gasteiger partial charge in [-0.2, -0.15) is 11.8 Å². The largest absolute Gasteiger partial charge is 0.493 e. The van der Waals surface area contributed by atoms with E-state index in [2.05, 4.69) is 6.92 Å². The molecule has 2 N–H and O–H groups in total. The van der Waals surface area contributed by atoms with Crippen molar-refractivity contribution in [1.29, 1.82) is 0 Å². The van der Waals surface area contributed by atoms with E-state index in [0.717, 1.165) is 17.9 Å². The van der Waals surface area contributed by atoms with E-state index in [9.17, 15) is 4.39 Å². The van der Waals surface area contributed by atoms with Crippen molar-refractivity contribution >= 4 is 11.8 Å². The van der Waals surface area contributed by atoms with Gasteiger partial charge in [-0.05, 0) is 30.9 Å². The van der Waals surface area contributed by atoms with Crippen LogP contribution in [0.5, 0.6) is 5.75 Å². The predicted molar refractivity (Wildman–Crippen MR) is 72.1 cm³/mol. The topological polar surface area (TPSA) is 35.2 Å². The lowest BCUT2D eigenvalue weighted by Gasteiger charge is -2.10. The summed E-state index contributed by atoms with van der Waals surface area (Å²) in [6.07, 6.45) is 0.981. The number of rotatable bonds is 7. The number of hydrogen-bond acceptors (Lipinski definition) is 3. The van der Waals surface area contributed by atoms with Crippen LogP contribution in [0.2, 0.25) is 0 Å². The summed E-state index contributed by atoms with van der Waals surface area (Å²) in [6, 6.07) is 4.58. The molecule has 0 radical (unpaired) electrons. The molecule has 4 heteroatoms. The lowest BCUT2D eigenvalue weighted by atomic mass is 10.1. The molecule has 0 saturated carbocycles. The monoisotopic (exact) mass is 257 g/mol. The molecule has 0 heterocycles. The molecule has 0 aliphatic heterocycles. The van der Waals surface area contributed by atoms with Crippen molar-refractivity contribution in [3.8, 4) is 5.75 Å². The summed E-state index contributed by atoms with van der Waals surface area (Å²) in [5, 5.41) is 0. The third-order valence-electron chi connectivity index (χ3n) is 2.37. The molecule has 0 unspecified atom stereocenters. The van der Waals surface area contributed by atoms with E-state index in [1.807, 2.05) is 11.8 Å². The Morgan fingerprint density at radius 2 is 2.24 bits per heavy atom. The second kappa shape index (κ2) is 7.56. The van der Waals surface area contributed by atoms with Gasteiger partial charge in [0, 0.05) is 17.7 Å². The Morgan fingerprint density at radius 3 is 2.82 bits per heavy atom. The van der Waals surface area contributed by atoms with Gasteiger partial charge >= 0.3 is 0 Å². The van der Waals surface area contributed by atoms with Crippen molar-refractivity contribution in [1.82, 2.24) is 0 Å². The average molecular weight is 257 g/mol. The molecule has 1 rings (SSSR count). The summed E-state index contributed by atoms with van der Waals surface area (Å²) in [4.78, 5) is 0. The van der Waals surface area contributed by atoms with E-state index in [4.69, 9.17) is 10.5 Å². The Labute approximate surface area is 107 Å². The molecule has 1 atom stereocenters. The van der Waals surface area contributed by atoms with Gasteiger partial charge in [0.2, 0.25) is 0 Å². The fraction of sp³-hybridized carbons (Fsp3) is 0.538. The van der Waals surface area contributed by atoms with Crippen molar-refractivity contribution < 1.29 is 9.13 Å². The lowest BCUT2D eigenvalue weighted by molar-refractivity contribution is 0.316. The van der Waals surface area contributed by atoms with Gasteiger partial charge in [-0.25, -0.2) is 4.39 Å². The van der Waals surface area contributed by atoms with Gasteiger partial charge in [0.15, 0.2) is 0 Å². The third-order valence-corrected chi connectivity index (χ3v) is 3.35. The first kappa shape index (κ1) is 14.3. The fourth-order valence-electron chi connectivity index (χ4n) is 1.46. The molecule has 96 valence electrons. The zero-order valence-corrected chi connectivity index (χ0v) is 11.2. The summed E-state index contributed by atoms with van der Waals surface area (Å²) >= 11 is 1.88. The molecular weight excluding hydrogens is 237 g/mol. The zero-order chi connectivity index (χ0) is 12.7. The van der Waals surface area contributed by atoms with Crippen LogP contribution < -0.4 is 10.5 Å². The minimum absolute atomic E-state index is 0.287. The van der Waals surface area contributed by atoms with Gasteiger partial charge in [0.1, 0.15) is 11.6 Å². The van der Waals surface area contributed by atoms with E-state index in [0.29, 0.717) is 17.9 Å². The van der Waals surface area contributed by atoms with Crippen LogP contribution in [0.1, 0.15) is 31.9 Å². The van der Waals surface area contributed by atoms with Crippen LogP contribution >= 0.6 is 11.8 Å². The Kier molecular flexibility index (Phi) is 6.37. The van der Waals surface area contributed by atoms with Crippen molar-refractivity contribution in [2.75, 3.05) is 18.1 Å². The van der Waals surface area contributed by atoms with Gasteiger partial charge in [0.25, 0.3) is 0 Å². The maximum Gasteiger partial charge on any atom is 0.131 e. The summed E-state index contributed by atoms with van der Waals surface area (Å²) < 4.78 is 19.0. The molecule has 0 amide bonds. The summed E-state index contributed by atoms with van der Waals surface area (Å²) in [5.74, 6) is 2.49. The standard InChI is InChI=1S/C13H20FNOS/c1-3-17-8-4-7-16-11-5-6-12(10(2)15)13(14)9-11/h5-6,9-10H,3-4,7-8,15H2,1-2H3/t10-/m0/s1. The molecule has 0 aromatic heterocycles. The van der Waals surface area contributed by atoms with E-state index >= 15 is 0 Å². The first-order valence-corrected chi connectivity index (χ1v) is 7.06. The van der Waals surface area contributed by atoms with Gasteiger partial charge in [-0.1, -0.05) is 13.0 Å². The van der Waals surface area contributed by atoms with Gasteiger partial charge in [0.05, 0.1) is 6.61 Å². The van der Waals surface area contributed by atoms with Crippen LogP contribution in [0.25, 0.3) is 0 Å². The second-order valence-corrected chi connectivity index (χ2v) is 5.26. The molecule has 17 heavy (non-hydrogen) atoms. The highest BCUT2D eigenvalue weighted by atomic mass is 32.2. The minimum Gasteiger partial charge on any atom is -0.493 e. The summed E-state index contributed by atoms with van der Waals surface area (Å²) in [6.45, 7) is 4.53. The van der Waals surface area contributed by atoms with Gasteiger partial charge < -0.3 is 10.5 Å². The SMILES string of the molecule is CCSCCCOc1ccc([C@H](C)N)c(F)c1. The zero-order valence-electron chi connectivity index (χ0n) is 10.4. The Morgan fingerprint density at radius 1 is 1.47 bits per heavy atom. The maximum atomic E-state index is 13.6. The van der Waals surface area contributed by atoms with Gasteiger partial charge in [-0.3, -0.25) is 0 Å². The highest BCUT2D eigenvalue weighted by Crippen LogP contribution is 2.20. The minimum atomic E-state index is -0.291. The number of halogens is 1. The molecule has 0 spiro atoms. The molecular formula is C13H20FNOS. The molecule has 0 aliphatic rings. The van der Waals surface area contributed by atoms with Crippen molar-refractivity contribution in [3.63, 3.8) is 0 Å². The van der Waals surface area contributed by atoms with Crippen LogP contribution in [0.4, 0.5) is 4.39 Å². The highest BCUT2D eigenvalue weighted by Gasteiger charge is 2.07. The second-order valence-electron chi connectivity index (χ2n) is 3.87. The molecule has 0 saturated heterocycles. The van der Waals surface area contributed by atoms with E-state index in [-0.39, 0.29) is 11.9 Å². The van der Waals surface area contributed by atoms with Crippen LogP contribution in [0, 0.1) is 5.82 Å². The first-order valence-electron chi connectivity index (χ1n) is 5.90. The number of nitrogens with two attached hydrogens (primary N) is 1. The van der Waals surface area contributed by atoms with Crippen LogP contribution in [-0.4, -0.2) is 18.1 Å². The van der Waals surface area contributed by atoms with Crippen molar-refractivity contribution in [2.45, 2.75) is 26.3 Å². The number of ether oxygens (including phenoxy) is 1. The average Bonchev–Trinajstić information content (AvgIpc) is 2.28. The molecule has 2 nitrogen and oxygen atoms in total. The Hall–Kier alpha value is -0.740. The van der Waals surface area contributed by atoms with Crippen LogP contribution in [0.15, 0.2) is 18.2 Å². The summed E-state index contributed by atoms with van der Waals surface area (Å²) in [5.41, 5.74) is 6.16. The van der Waals surface area contributed by atoms with Crippen LogP contribution in [-0.2, 0) is 0 Å². The molecule has 0 fully saturated rings. The normalized spacial score (nSPS) is 12.5. The molecule has 1 aromatic carbocycles. The molecule has 1 aromatic rings. The van der Waals surface area contributed by atoms with Gasteiger partial charge in [-0.15, -0.1) is 0 Å². The maximum absolute atomic E-state index is 13.6. The number of thioether (sulfide) groups is 1.